The Morgan fingerprint density at radius 2 is 1.46 bits per heavy atom. The van der Waals surface area contributed by atoms with Gasteiger partial charge < -0.3 is 15.4 Å². The minimum absolute atomic E-state index is 0.0313. The van der Waals surface area contributed by atoms with Gasteiger partial charge in [0.05, 0.1) is 17.7 Å². The molecule has 39 heavy (non-hydrogen) atoms. The van der Waals surface area contributed by atoms with E-state index in [9.17, 15) is 24.0 Å². The normalized spacial score (nSPS) is 13.5. The van der Waals surface area contributed by atoms with Crippen LogP contribution in [0.15, 0.2) is 84.6 Å². The first-order valence-electron chi connectivity index (χ1n) is 12.4. The highest BCUT2D eigenvalue weighted by Gasteiger charge is 2.43. The average Bonchev–Trinajstić information content (AvgIpc) is 3.18. The van der Waals surface area contributed by atoms with Crippen molar-refractivity contribution in [3.63, 3.8) is 0 Å². The second-order valence-electron chi connectivity index (χ2n) is 8.80. The molecule has 0 radical (unpaired) electrons. The highest BCUT2D eigenvalue weighted by molar-refractivity contribution is 6.22. The molecule has 4 amide bonds. The minimum Gasteiger partial charge on any atom is -0.464 e. The van der Waals surface area contributed by atoms with Crippen molar-refractivity contribution in [2.75, 3.05) is 11.9 Å². The number of fused-ring (bicyclic) bond motifs is 1. The Kier molecular flexibility index (Phi) is 8.30. The second kappa shape index (κ2) is 12.0. The van der Waals surface area contributed by atoms with Gasteiger partial charge in [0.1, 0.15) is 11.7 Å². The van der Waals surface area contributed by atoms with E-state index in [0.717, 1.165) is 10.5 Å². The van der Waals surface area contributed by atoms with Crippen LogP contribution in [-0.2, 0) is 25.5 Å². The van der Waals surface area contributed by atoms with E-state index in [1.165, 1.54) is 6.92 Å². The summed E-state index contributed by atoms with van der Waals surface area (Å²) in [6, 6.07) is 21.0. The molecule has 3 aromatic carbocycles. The molecule has 0 saturated carbocycles. The Labute approximate surface area is 225 Å². The number of benzene rings is 3. The summed E-state index contributed by atoms with van der Waals surface area (Å²) in [5.41, 5.74) is 2.39. The molecule has 4 rings (SSSR count). The number of nitrogens with zero attached hydrogens (tertiary/aromatic N) is 1. The van der Waals surface area contributed by atoms with E-state index in [0.29, 0.717) is 11.3 Å². The molecule has 1 heterocycles. The number of carbonyl (C=O) groups excluding carboxylic acids is 5. The van der Waals surface area contributed by atoms with Gasteiger partial charge in [-0.2, -0.15) is 0 Å². The lowest BCUT2D eigenvalue weighted by molar-refractivity contribution is -0.147. The maximum Gasteiger partial charge on any atom is 0.329 e. The van der Waals surface area contributed by atoms with Crippen LogP contribution in [0.3, 0.4) is 0 Å². The molecule has 1 aliphatic rings. The van der Waals surface area contributed by atoms with E-state index in [1.807, 2.05) is 18.2 Å². The third kappa shape index (κ3) is 6.27. The van der Waals surface area contributed by atoms with Crippen LogP contribution in [0.25, 0.3) is 6.08 Å². The molecular weight excluding hydrogens is 498 g/mol. The summed E-state index contributed by atoms with van der Waals surface area (Å²) < 4.78 is 5.18. The molecule has 0 aliphatic carbocycles. The lowest BCUT2D eigenvalue weighted by Gasteiger charge is -2.24. The van der Waals surface area contributed by atoms with Crippen LogP contribution in [0.1, 0.15) is 45.7 Å². The smallest absolute Gasteiger partial charge is 0.329 e. The van der Waals surface area contributed by atoms with Crippen molar-refractivity contribution in [3.8, 4) is 0 Å². The number of carbonyl (C=O) groups is 5. The fraction of sp³-hybridized carbons (Fsp3) is 0.167. The first-order valence-corrected chi connectivity index (χ1v) is 12.4. The van der Waals surface area contributed by atoms with Crippen LogP contribution >= 0.6 is 0 Å². The third-order valence-electron chi connectivity index (χ3n) is 6.00. The molecule has 1 unspecified atom stereocenters. The Morgan fingerprint density at radius 3 is 2.03 bits per heavy atom. The zero-order chi connectivity index (χ0) is 27.9. The number of amides is 4. The first kappa shape index (κ1) is 27.0. The molecule has 0 bridgehead atoms. The van der Waals surface area contributed by atoms with Crippen molar-refractivity contribution in [3.05, 3.63) is 107 Å². The van der Waals surface area contributed by atoms with Crippen LogP contribution in [-0.4, -0.2) is 47.1 Å². The highest BCUT2D eigenvalue weighted by Crippen LogP contribution is 2.27. The molecule has 0 aromatic heterocycles. The Bertz CT molecular complexity index is 1410. The standard InChI is InChI=1S/C30H27N3O6/c1-3-39-30(38)26(33-28(36)23-11-7-8-12-24(23)29(33)37)18-21-13-15-22(16-14-21)32-27(35)25(31-19(2)34)17-20-9-5-4-6-10-20/h4-17,26H,3,18H2,1-2H3,(H,31,34)(H,32,35). The molecule has 198 valence electrons. The summed E-state index contributed by atoms with van der Waals surface area (Å²) in [4.78, 5) is 64.4. The van der Waals surface area contributed by atoms with E-state index in [1.54, 1.807) is 73.7 Å². The number of rotatable bonds is 9. The van der Waals surface area contributed by atoms with E-state index >= 15 is 0 Å². The van der Waals surface area contributed by atoms with Gasteiger partial charge >= 0.3 is 5.97 Å². The van der Waals surface area contributed by atoms with Crippen molar-refractivity contribution in [1.82, 2.24) is 10.2 Å². The van der Waals surface area contributed by atoms with E-state index in [4.69, 9.17) is 4.74 Å². The molecule has 0 fully saturated rings. The quantitative estimate of drug-likeness (QED) is 0.250. The number of esters is 1. The van der Waals surface area contributed by atoms with Gasteiger partial charge in [-0.1, -0.05) is 54.6 Å². The Morgan fingerprint density at radius 1 is 0.872 bits per heavy atom. The summed E-state index contributed by atoms with van der Waals surface area (Å²) in [5, 5.41) is 5.29. The maximum absolute atomic E-state index is 13.0. The lowest BCUT2D eigenvalue weighted by atomic mass is 10.0. The fourth-order valence-corrected chi connectivity index (χ4v) is 4.22. The van der Waals surface area contributed by atoms with Gasteiger partial charge in [0, 0.05) is 19.0 Å². The van der Waals surface area contributed by atoms with E-state index in [2.05, 4.69) is 10.6 Å². The van der Waals surface area contributed by atoms with Crippen molar-refractivity contribution >= 4 is 41.4 Å². The molecule has 1 atom stereocenters. The summed E-state index contributed by atoms with van der Waals surface area (Å²) in [5.74, 6) is -2.69. The second-order valence-corrected chi connectivity index (χ2v) is 8.80. The van der Waals surface area contributed by atoms with Crippen LogP contribution in [0, 0.1) is 0 Å². The largest absolute Gasteiger partial charge is 0.464 e. The zero-order valence-electron chi connectivity index (χ0n) is 21.5. The van der Waals surface area contributed by atoms with Crippen molar-refractivity contribution in [2.45, 2.75) is 26.3 Å². The van der Waals surface area contributed by atoms with Gasteiger partial charge in [-0.15, -0.1) is 0 Å². The highest BCUT2D eigenvalue weighted by atomic mass is 16.5. The molecule has 9 nitrogen and oxygen atoms in total. The Hall–Kier alpha value is -5.05. The number of imide groups is 1. The van der Waals surface area contributed by atoms with Gasteiger partial charge in [-0.25, -0.2) is 4.79 Å². The molecule has 9 heteroatoms. The fourth-order valence-electron chi connectivity index (χ4n) is 4.22. The van der Waals surface area contributed by atoms with Gasteiger partial charge in [0.2, 0.25) is 5.91 Å². The molecule has 0 saturated heterocycles. The van der Waals surface area contributed by atoms with Gasteiger partial charge in [-0.3, -0.25) is 24.1 Å². The average molecular weight is 526 g/mol. The van der Waals surface area contributed by atoms with Crippen molar-refractivity contribution in [1.29, 1.82) is 0 Å². The predicted molar refractivity (Wildman–Crippen MR) is 144 cm³/mol. The summed E-state index contributed by atoms with van der Waals surface area (Å²) in [7, 11) is 0. The molecule has 2 N–H and O–H groups in total. The van der Waals surface area contributed by atoms with Crippen LogP contribution in [0.4, 0.5) is 5.69 Å². The zero-order valence-corrected chi connectivity index (χ0v) is 21.5. The number of hydrogen-bond acceptors (Lipinski definition) is 6. The summed E-state index contributed by atoms with van der Waals surface area (Å²) in [6.07, 6.45) is 1.60. The third-order valence-corrected chi connectivity index (χ3v) is 6.00. The van der Waals surface area contributed by atoms with Crippen molar-refractivity contribution in [2.24, 2.45) is 0 Å². The Balaban J connectivity index is 1.52. The van der Waals surface area contributed by atoms with Crippen LogP contribution < -0.4 is 10.6 Å². The minimum atomic E-state index is -1.15. The molecule has 0 spiro atoms. The maximum atomic E-state index is 13.0. The summed E-state index contributed by atoms with van der Waals surface area (Å²) >= 11 is 0. The van der Waals surface area contributed by atoms with Gasteiger partial charge in [0.15, 0.2) is 0 Å². The van der Waals surface area contributed by atoms with E-state index < -0.39 is 29.7 Å². The van der Waals surface area contributed by atoms with Crippen LogP contribution in [0.5, 0.6) is 0 Å². The van der Waals surface area contributed by atoms with Gasteiger partial charge in [-0.05, 0) is 48.4 Å². The number of anilines is 1. The SMILES string of the molecule is CCOC(=O)C(Cc1ccc(NC(=O)C(=Cc2ccccc2)NC(C)=O)cc1)N1C(=O)c2ccccc2C1=O. The predicted octanol–water partition coefficient (Wildman–Crippen LogP) is 3.57. The summed E-state index contributed by atoms with van der Waals surface area (Å²) in [6.45, 7) is 3.06. The molecule has 1 aliphatic heterocycles. The topological polar surface area (TPSA) is 122 Å². The number of ether oxygens (including phenoxy) is 1. The van der Waals surface area contributed by atoms with Crippen LogP contribution in [0.2, 0.25) is 0 Å². The molecule has 3 aromatic rings. The van der Waals surface area contributed by atoms with Gasteiger partial charge in [0.25, 0.3) is 17.7 Å². The first-order chi connectivity index (χ1) is 18.8. The van der Waals surface area contributed by atoms with Crippen molar-refractivity contribution < 1.29 is 28.7 Å². The lowest BCUT2D eigenvalue weighted by Crippen LogP contribution is -2.47. The number of hydrogen-bond donors (Lipinski definition) is 2. The number of nitrogens with one attached hydrogen (secondary N) is 2. The monoisotopic (exact) mass is 525 g/mol. The molecular formula is C30H27N3O6. The van der Waals surface area contributed by atoms with E-state index in [-0.39, 0.29) is 35.8 Å².